The van der Waals surface area contributed by atoms with Gasteiger partial charge in [0.1, 0.15) is 0 Å². The molecule has 2 heterocycles. The minimum Gasteiger partial charge on any atom is -0.346 e. The summed E-state index contributed by atoms with van der Waals surface area (Å²) in [4.78, 5) is 14.3. The second kappa shape index (κ2) is 6.32. The van der Waals surface area contributed by atoms with Crippen molar-refractivity contribution in [2.75, 3.05) is 33.7 Å². The minimum absolute atomic E-state index is 0.105. The maximum atomic E-state index is 12.2. The molecule has 1 aromatic rings. The van der Waals surface area contributed by atoms with Crippen molar-refractivity contribution < 1.29 is 4.79 Å². The summed E-state index contributed by atoms with van der Waals surface area (Å²) in [5.41, 5.74) is 0.390. The molecule has 1 aliphatic heterocycles. The Morgan fingerprint density at radius 2 is 2.25 bits per heavy atom. The lowest BCUT2D eigenvalue weighted by molar-refractivity contribution is 0.0911. The highest BCUT2D eigenvalue weighted by Gasteiger charge is 2.23. The SMILES string of the molecule is CC(C)C(CN(C)C)NC(=O)c1cn(C2CNC2)nn1. The van der Waals surface area contributed by atoms with Gasteiger partial charge in [-0.2, -0.15) is 0 Å². The summed E-state index contributed by atoms with van der Waals surface area (Å²) < 4.78 is 1.77. The van der Waals surface area contributed by atoms with Crippen molar-refractivity contribution in [3.63, 3.8) is 0 Å². The summed E-state index contributed by atoms with van der Waals surface area (Å²) in [6.45, 7) is 6.79. The number of likely N-dealkylation sites (N-methyl/N-ethyl adjacent to an activating group) is 1. The van der Waals surface area contributed by atoms with Crippen LogP contribution in [0.15, 0.2) is 6.20 Å². The Labute approximate surface area is 119 Å². The highest BCUT2D eigenvalue weighted by atomic mass is 16.2. The first-order valence-electron chi connectivity index (χ1n) is 7.05. The van der Waals surface area contributed by atoms with E-state index in [0.29, 0.717) is 17.7 Å². The monoisotopic (exact) mass is 280 g/mol. The quantitative estimate of drug-likeness (QED) is 0.751. The molecule has 1 amide bonds. The summed E-state index contributed by atoms with van der Waals surface area (Å²) in [7, 11) is 4.00. The molecule has 1 unspecified atom stereocenters. The standard InChI is InChI=1S/C13H24N6O/c1-9(2)11(7-18(3)4)15-13(20)12-8-19(17-16-12)10-5-14-6-10/h8-11,14H,5-7H2,1-4H3,(H,15,20). The fraction of sp³-hybridized carbons (Fsp3) is 0.769. The Bertz CT molecular complexity index is 451. The van der Waals surface area contributed by atoms with Crippen LogP contribution in [0.5, 0.6) is 0 Å². The molecule has 2 rings (SSSR count). The van der Waals surface area contributed by atoms with Crippen LogP contribution in [0.4, 0.5) is 0 Å². The number of carbonyl (C=O) groups excluding carboxylic acids is 1. The third-order valence-corrected chi connectivity index (χ3v) is 3.56. The molecule has 1 atom stereocenters. The second-order valence-electron chi connectivity index (χ2n) is 5.98. The number of carbonyl (C=O) groups is 1. The van der Waals surface area contributed by atoms with Gasteiger partial charge in [0.05, 0.1) is 12.2 Å². The van der Waals surface area contributed by atoms with Gasteiger partial charge in [-0.3, -0.25) is 4.79 Å². The van der Waals surface area contributed by atoms with Crippen LogP contribution in [-0.4, -0.2) is 65.6 Å². The van der Waals surface area contributed by atoms with Crippen molar-refractivity contribution in [1.29, 1.82) is 0 Å². The zero-order valence-electron chi connectivity index (χ0n) is 12.6. The van der Waals surface area contributed by atoms with Gasteiger partial charge in [0.25, 0.3) is 5.91 Å². The predicted molar refractivity (Wildman–Crippen MR) is 76.6 cm³/mol. The molecule has 0 saturated carbocycles. The molecule has 7 nitrogen and oxygen atoms in total. The van der Waals surface area contributed by atoms with Gasteiger partial charge in [-0.1, -0.05) is 19.1 Å². The lowest BCUT2D eigenvalue weighted by Gasteiger charge is -2.26. The van der Waals surface area contributed by atoms with Gasteiger partial charge in [0.2, 0.25) is 0 Å². The number of rotatable bonds is 6. The predicted octanol–water partition coefficient (Wildman–Crippen LogP) is -0.262. The van der Waals surface area contributed by atoms with Crippen LogP contribution in [0.2, 0.25) is 0 Å². The Balaban J connectivity index is 1.97. The highest BCUT2D eigenvalue weighted by Crippen LogP contribution is 2.10. The van der Waals surface area contributed by atoms with Crippen LogP contribution in [0.1, 0.15) is 30.4 Å². The van der Waals surface area contributed by atoms with Crippen LogP contribution in [-0.2, 0) is 0 Å². The lowest BCUT2D eigenvalue weighted by Crippen LogP contribution is -2.45. The Kier molecular flexibility index (Phi) is 4.72. The van der Waals surface area contributed by atoms with Crippen molar-refractivity contribution in [2.24, 2.45) is 5.92 Å². The van der Waals surface area contributed by atoms with E-state index >= 15 is 0 Å². The summed E-state index contributed by atoms with van der Waals surface area (Å²) in [6.07, 6.45) is 1.73. The molecule has 1 aliphatic rings. The first-order valence-corrected chi connectivity index (χ1v) is 7.05. The molecule has 0 aliphatic carbocycles. The fourth-order valence-corrected chi connectivity index (χ4v) is 2.08. The molecule has 112 valence electrons. The average Bonchev–Trinajstić information content (AvgIpc) is 2.74. The summed E-state index contributed by atoms with van der Waals surface area (Å²) >= 11 is 0. The van der Waals surface area contributed by atoms with E-state index in [9.17, 15) is 4.79 Å². The number of nitrogens with one attached hydrogen (secondary N) is 2. The molecule has 1 fully saturated rings. The van der Waals surface area contributed by atoms with E-state index < -0.39 is 0 Å². The van der Waals surface area contributed by atoms with E-state index in [1.807, 2.05) is 14.1 Å². The molecule has 1 saturated heterocycles. The number of hydrogen-bond donors (Lipinski definition) is 2. The van der Waals surface area contributed by atoms with E-state index in [2.05, 4.69) is 39.7 Å². The largest absolute Gasteiger partial charge is 0.346 e. The number of amides is 1. The zero-order valence-corrected chi connectivity index (χ0v) is 12.6. The lowest BCUT2D eigenvalue weighted by atomic mass is 10.0. The molecular formula is C13H24N6O. The van der Waals surface area contributed by atoms with Crippen LogP contribution in [0.3, 0.4) is 0 Å². The van der Waals surface area contributed by atoms with Crippen LogP contribution >= 0.6 is 0 Å². The molecule has 7 heteroatoms. The van der Waals surface area contributed by atoms with Crippen LogP contribution < -0.4 is 10.6 Å². The number of hydrogen-bond acceptors (Lipinski definition) is 5. The fourth-order valence-electron chi connectivity index (χ4n) is 2.08. The van der Waals surface area contributed by atoms with Gasteiger partial charge in [-0.15, -0.1) is 5.10 Å². The summed E-state index contributed by atoms with van der Waals surface area (Å²) in [5.74, 6) is 0.219. The molecule has 1 aromatic heterocycles. The molecule has 0 bridgehead atoms. The molecule has 2 N–H and O–H groups in total. The van der Waals surface area contributed by atoms with Crippen molar-refractivity contribution in [2.45, 2.75) is 25.9 Å². The number of nitrogens with zero attached hydrogens (tertiary/aromatic N) is 4. The zero-order chi connectivity index (χ0) is 14.7. The molecule has 0 aromatic carbocycles. The Hall–Kier alpha value is -1.47. The van der Waals surface area contributed by atoms with Gasteiger partial charge >= 0.3 is 0 Å². The molecular weight excluding hydrogens is 256 g/mol. The maximum Gasteiger partial charge on any atom is 0.273 e. The average molecular weight is 280 g/mol. The van der Waals surface area contributed by atoms with Crippen LogP contribution in [0.25, 0.3) is 0 Å². The first kappa shape index (κ1) is 14.9. The van der Waals surface area contributed by atoms with E-state index in [4.69, 9.17) is 0 Å². The third-order valence-electron chi connectivity index (χ3n) is 3.56. The molecule has 0 radical (unpaired) electrons. The summed E-state index contributed by atoms with van der Waals surface area (Å²) in [6, 6.07) is 0.430. The maximum absolute atomic E-state index is 12.2. The van der Waals surface area contributed by atoms with Crippen molar-refractivity contribution in [3.8, 4) is 0 Å². The van der Waals surface area contributed by atoms with Crippen molar-refractivity contribution in [3.05, 3.63) is 11.9 Å². The van der Waals surface area contributed by atoms with E-state index in [0.717, 1.165) is 19.6 Å². The van der Waals surface area contributed by atoms with Crippen molar-refractivity contribution >= 4 is 5.91 Å². The Morgan fingerprint density at radius 1 is 1.55 bits per heavy atom. The van der Waals surface area contributed by atoms with Gasteiger partial charge in [0, 0.05) is 25.7 Å². The summed E-state index contributed by atoms with van der Waals surface area (Å²) in [5, 5.41) is 14.2. The molecule has 20 heavy (non-hydrogen) atoms. The highest BCUT2D eigenvalue weighted by molar-refractivity contribution is 5.92. The van der Waals surface area contributed by atoms with Gasteiger partial charge in [-0.25, -0.2) is 4.68 Å². The van der Waals surface area contributed by atoms with Gasteiger partial charge in [0.15, 0.2) is 5.69 Å². The number of aromatic nitrogens is 3. The smallest absolute Gasteiger partial charge is 0.273 e. The van der Waals surface area contributed by atoms with E-state index in [-0.39, 0.29) is 11.9 Å². The van der Waals surface area contributed by atoms with Crippen molar-refractivity contribution in [1.82, 2.24) is 30.5 Å². The van der Waals surface area contributed by atoms with E-state index in [1.54, 1.807) is 10.9 Å². The second-order valence-corrected chi connectivity index (χ2v) is 5.98. The third kappa shape index (κ3) is 3.55. The van der Waals surface area contributed by atoms with E-state index in [1.165, 1.54) is 0 Å². The van der Waals surface area contributed by atoms with Gasteiger partial charge in [-0.05, 0) is 20.0 Å². The van der Waals surface area contributed by atoms with Crippen LogP contribution in [0, 0.1) is 5.92 Å². The molecule has 0 spiro atoms. The first-order chi connectivity index (χ1) is 9.47. The Morgan fingerprint density at radius 3 is 2.75 bits per heavy atom. The van der Waals surface area contributed by atoms with Gasteiger partial charge < -0.3 is 15.5 Å². The topological polar surface area (TPSA) is 75.1 Å². The normalized spacial score (nSPS) is 17.3. The minimum atomic E-state index is -0.149.